The number of para-hydroxylation sites is 1. The molecule has 198 valence electrons. The fraction of sp³-hybridized carbons (Fsp3) is 0.222. The Kier molecular flexibility index (Phi) is 6.41. The smallest absolute Gasteiger partial charge is 0.328 e. The number of carboxylic acid groups (broad SMARTS) is 1. The Balaban J connectivity index is 1.61. The summed E-state index contributed by atoms with van der Waals surface area (Å²) >= 11 is 0. The number of anilines is 1. The molecule has 2 unspecified atom stereocenters. The van der Waals surface area contributed by atoms with Crippen molar-refractivity contribution in [2.75, 3.05) is 26.1 Å². The molecule has 0 saturated carbocycles. The lowest BCUT2D eigenvalue weighted by atomic mass is 9.85. The fourth-order valence-corrected chi connectivity index (χ4v) is 6.38. The van der Waals surface area contributed by atoms with Gasteiger partial charge in [-0.3, -0.25) is 9.52 Å². The lowest BCUT2D eigenvalue weighted by Crippen LogP contribution is -2.41. The van der Waals surface area contributed by atoms with Crippen molar-refractivity contribution in [1.82, 2.24) is 9.97 Å². The van der Waals surface area contributed by atoms with Crippen LogP contribution >= 0.6 is 0 Å². The lowest BCUT2D eigenvalue weighted by Gasteiger charge is -2.35. The largest absolute Gasteiger partial charge is 0.500 e. The highest BCUT2D eigenvalue weighted by atomic mass is 32.2. The van der Waals surface area contributed by atoms with E-state index in [0.29, 0.717) is 16.6 Å². The van der Waals surface area contributed by atoms with Gasteiger partial charge in [0.05, 0.1) is 31.2 Å². The quantitative estimate of drug-likeness (QED) is 0.250. The zero-order chi connectivity index (χ0) is 27.1. The number of carbonyl (C=O) groups is 1. The van der Waals surface area contributed by atoms with E-state index in [1.807, 2.05) is 30.3 Å². The number of sulfonamides is 1. The summed E-state index contributed by atoms with van der Waals surface area (Å²) in [6, 6.07) is 16.3. The van der Waals surface area contributed by atoms with Gasteiger partial charge in [0, 0.05) is 36.1 Å². The van der Waals surface area contributed by atoms with Crippen LogP contribution in [-0.4, -0.2) is 56.0 Å². The number of hydrogen-bond donors (Lipinski definition) is 4. The van der Waals surface area contributed by atoms with Crippen LogP contribution < -0.4 is 4.72 Å². The van der Waals surface area contributed by atoms with E-state index in [4.69, 9.17) is 14.2 Å². The molecular formula is C27H27N3O7S. The number of hydrogen-bond acceptors (Lipinski definition) is 6. The number of H-pyrrole nitrogens is 2. The van der Waals surface area contributed by atoms with E-state index >= 15 is 0 Å². The average molecular weight is 538 g/mol. The van der Waals surface area contributed by atoms with Gasteiger partial charge in [-0.15, -0.1) is 0 Å². The summed E-state index contributed by atoms with van der Waals surface area (Å²) in [4.78, 5) is 18.9. The first-order valence-electron chi connectivity index (χ1n) is 11.7. The van der Waals surface area contributed by atoms with Gasteiger partial charge in [0.1, 0.15) is 17.1 Å². The Hall–Kier alpha value is -4.22. The number of carboxylic acids is 1. The number of fused-ring (bicyclic) bond motifs is 2. The summed E-state index contributed by atoms with van der Waals surface area (Å²) in [5.74, 6) is -1.45. The summed E-state index contributed by atoms with van der Waals surface area (Å²) in [5.41, 5.74) is 1.27. The van der Waals surface area contributed by atoms with Gasteiger partial charge < -0.3 is 29.3 Å². The molecule has 0 amide bonds. The Bertz CT molecular complexity index is 1670. The van der Waals surface area contributed by atoms with Gasteiger partial charge in [-0.1, -0.05) is 24.3 Å². The summed E-state index contributed by atoms with van der Waals surface area (Å²) in [6.07, 6.45) is 3.29. The number of methoxy groups -OCH3 is 3. The Morgan fingerprint density at radius 2 is 1.82 bits per heavy atom. The molecule has 0 radical (unpaired) electrons. The molecule has 2 heterocycles. The van der Waals surface area contributed by atoms with Crippen LogP contribution in [0.25, 0.3) is 21.8 Å². The highest BCUT2D eigenvalue weighted by molar-refractivity contribution is 7.94. The zero-order valence-corrected chi connectivity index (χ0v) is 21.8. The molecule has 2 atom stereocenters. The third-order valence-electron chi connectivity index (χ3n) is 6.81. The molecule has 4 aromatic rings. The van der Waals surface area contributed by atoms with E-state index in [2.05, 4.69) is 14.7 Å². The van der Waals surface area contributed by atoms with Crippen LogP contribution in [0.15, 0.2) is 84.0 Å². The molecule has 1 aliphatic rings. The molecule has 2 aromatic heterocycles. The van der Waals surface area contributed by atoms with Gasteiger partial charge in [0.2, 0.25) is 5.25 Å². The number of aromatic nitrogens is 2. The molecule has 4 N–H and O–H groups in total. The van der Waals surface area contributed by atoms with Crippen molar-refractivity contribution in [3.8, 4) is 0 Å². The second kappa shape index (κ2) is 9.58. The number of aromatic amines is 2. The Morgan fingerprint density at radius 3 is 2.50 bits per heavy atom. The normalized spacial score (nSPS) is 18.9. The summed E-state index contributed by atoms with van der Waals surface area (Å²) in [7, 11) is -0.315. The second-order valence-electron chi connectivity index (χ2n) is 8.90. The van der Waals surface area contributed by atoms with E-state index in [1.165, 1.54) is 21.3 Å². The van der Waals surface area contributed by atoms with Crippen molar-refractivity contribution in [2.45, 2.75) is 17.3 Å². The summed E-state index contributed by atoms with van der Waals surface area (Å²) in [5, 5.41) is 9.73. The molecule has 2 aromatic carbocycles. The number of ether oxygens (including phenoxy) is 3. The van der Waals surface area contributed by atoms with Crippen LogP contribution in [0.4, 0.5) is 5.69 Å². The standard InChI is InChI=1S/C27H27N3O7S/c1-35-21-14-27(37-3,23-13-16-7-4-5-8-18(16)29-23)15-22(36-2)24(21)25(26(31)32)38(33,34)30-20-10-6-9-19-17(20)11-12-28-19/h4-14,25,28-30H,15H2,1-3H3,(H,31,32). The maximum absolute atomic E-state index is 13.6. The van der Waals surface area contributed by atoms with Crippen molar-refractivity contribution in [1.29, 1.82) is 0 Å². The summed E-state index contributed by atoms with van der Waals surface area (Å²) < 4.78 is 46.9. The van der Waals surface area contributed by atoms with Crippen LogP contribution in [0.2, 0.25) is 0 Å². The van der Waals surface area contributed by atoms with Crippen molar-refractivity contribution < 1.29 is 32.5 Å². The third-order valence-corrected chi connectivity index (χ3v) is 8.38. The van der Waals surface area contributed by atoms with Crippen LogP contribution in [0.3, 0.4) is 0 Å². The van der Waals surface area contributed by atoms with E-state index < -0.39 is 26.8 Å². The highest BCUT2D eigenvalue weighted by Gasteiger charge is 2.47. The molecule has 0 fully saturated rings. The topological polar surface area (TPSA) is 143 Å². The monoisotopic (exact) mass is 537 g/mol. The zero-order valence-electron chi connectivity index (χ0n) is 20.9. The summed E-state index contributed by atoms with van der Waals surface area (Å²) in [6.45, 7) is 0. The minimum absolute atomic E-state index is 0.0197. The van der Waals surface area contributed by atoms with Gasteiger partial charge in [0.25, 0.3) is 10.0 Å². The highest BCUT2D eigenvalue weighted by Crippen LogP contribution is 2.44. The average Bonchev–Trinajstić information content (AvgIpc) is 3.56. The number of aliphatic carboxylic acids is 1. The number of benzene rings is 2. The molecule has 0 aliphatic heterocycles. The van der Waals surface area contributed by atoms with Gasteiger partial charge in [-0.05, 0) is 41.8 Å². The minimum Gasteiger partial charge on any atom is -0.500 e. The van der Waals surface area contributed by atoms with Crippen molar-refractivity contribution >= 4 is 43.5 Å². The first-order chi connectivity index (χ1) is 18.2. The number of allylic oxidation sites excluding steroid dienone is 1. The maximum Gasteiger partial charge on any atom is 0.328 e. The van der Waals surface area contributed by atoms with E-state index in [-0.39, 0.29) is 29.2 Å². The molecule has 11 heteroatoms. The lowest BCUT2D eigenvalue weighted by molar-refractivity contribution is -0.135. The number of rotatable bonds is 9. The fourth-order valence-electron chi connectivity index (χ4n) is 4.95. The van der Waals surface area contributed by atoms with Crippen molar-refractivity contribution in [3.05, 3.63) is 89.7 Å². The molecule has 0 spiro atoms. The van der Waals surface area contributed by atoms with Crippen LogP contribution in [-0.2, 0) is 34.6 Å². The van der Waals surface area contributed by atoms with E-state index in [1.54, 1.807) is 36.5 Å². The number of nitrogens with one attached hydrogen (secondary N) is 3. The van der Waals surface area contributed by atoms with Gasteiger partial charge in [-0.25, -0.2) is 8.42 Å². The molecule has 1 aliphatic carbocycles. The predicted molar refractivity (Wildman–Crippen MR) is 143 cm³/mol. The second-order valence-corrected chi connectivity index (χ2v) is 10.7. The van der Waals surface area contributed by atoms with Crippen LogP contribution in [0.1, 0.15) is 12.1 Å². The Morgan fingerprint density at radius 1 is 1.05 bits per heavy atom. The van der Waals surface area contributed by atoms with Crippen molar-refractivity contribution in [3.63, 3.8) is 0 Å². The SMILES string of the molecule is COC1=CC(OC)(c2cc3ccccc3[nH]2)CC(OC)=C1C(C(=O)O)S(=O)(=O)Nc1cccc2[nH]ccc12. The molecule has 5 rings (SSSR count). The minimum atomic E-state index is -4.53. The molecular weight excluding hydrogens is 510 g/mol. The molecule has 0 bridgehead atoms. The van der Waals surface area contributed by atoms with Gasteiger partial charge in [0.15, 0.2) is 0 Å². The van der Waals surface area contributed by atoms with E-state index in [0.717, 1.165) is 10.9 Å². The molecule has 0 saturated heterocycles. The van der Waals surface area contributed by atoms with Crippen LogP contribution in [0.5, 0.6) is 0 Å². The van der Waals surface area contributed by atoms with Crippen molar-refractivity contribution in [2.24, 2.45) is 0 Å². The Labute approximate surface area is 219 Å². The van der Waals surface area contributed by atoms with E-state index in [9.17, 15) is 18.3 Å². The van der Waals surface area contributed by atoms with Gasteiger partial charge in [-0.2, -0.15) is 0 Å². The first-order valence-corrected chi connectivity index (χ1v) is 13.3. The van der Waals surface area contributed by atoms with Crippen LogP contribution in [0, 0.1) is 0 Å². The predicted octanol–water partition coefficient (Wildman–Crippen LogP) is 4.22. The third kappa shape index (κ3) is 4.19. The molecule has 38 heavy (non-hydrogen) atoms. The first kappa shape index (κ1) is 25.4. The molecule has 10 nitrogen and oxygen atoms in total. The maximum atomic E-state index is 13.6. The van der Waals surface area contributed by atoms with Gasteiger partial charge >= 0.3 is 5.97 Å².